The fraction of sp³-hybridized carbons (Fsp3) is 0.500. The van der Waals surface area contributed by atoms with Gasteiger partial charge in [0.05, 0.1) is 23.5 Å². The number of carbonyl (C=O) groups excluding carboxylic acids is 1. The molecular weight excluding hydrogens is 380 g/mol. The number of hydrogen-bond donors (Lipinski definition) is 2. The van der Waals surface area contributed by atoms with Crippen molar-refractivity contribution in [3.63, 3.8) is 0 Å². The number of nitrogens with zero attached hydrogens (tertiary/aromatic N) is 3. The van der Waals surface area contributed by atoms with E-state index in [1.165, 1.54) is 24.5 Å². The summed E-state index contributed by atoms with van der Waals surface area (Å²) in [4.78, 5) is 36.7. The van der Waals surface area contributed by atoms with Crippen molar-refractivity contribution in [1.82, 2.24) is 19.9 Å². The zero-order valence-electron chi connectivity index (χ0n) is 16.1. The highest BCUT2D eigenvalue weighted by molar-refractivity contribution is 5.85. The molecule has 2 fully saturated rings. The van der Waals surface area contributed by atoms with Crippen LogP contribution in [0.4, 0.5) is 8.78 Å². The summed E-state index contributed by atoms with van der Waals surface area (Å²) in [6.45, 7) is 1.48. The number of likely N-dealkylation sites (tertiary alicyclic amines) is 1. The quantitative estimate of drug-likeness (QED) is 0.793. The predicted molar refractivity (Wildman–Crippen MR) is 101 cm³/mol. The van der Waals surface area contributed by atoms with Crippen LogP contribution in [-0.2, 0) is 10.3 Å². The molecule has 1 amide bonds. The maximum Gasteiger partial charge on any atom is 0.257 e. The lowest BCUT2D eigenvalue weighted by Gasteiger charge is -2.45. The van der Waals surface area contributed by atoms with Crippen molar-refractivity contribution in [1.29, 1.82) is 0 Å². The highest BCUT2D eigenvalue weighted by Gasteiger charge is 2.51. The minimum absolute atomic E-state index is 0.0155. The zero-order valence-corrected chi connectivity index (χ0v) is 16.1. The van der Waals surface area contributed by atoms with Gasteiger partial charge in [-0.3, -0.25) is 24.5 Å². The van der Waals surface area contributed by atoms with Gasteiger partial charge in [0.2, 0.25) is 11.5 Å². The molecule has 1 saturated carbocycles. The molecular formula is C20H23F2N5O2. The fourth-order valence-electron chi connectivity index (χ4n) is 3.92. The van der Waals surface area contributed by atoms with Crippen molar-refractivity contribution in [3.8, 4) is 0 Å². The molecule has 3 heterocycles. The third-order valence-electron chi connectivity index (χ3n) is 6.12. The van der Waals surface area contributed by atoms with Gasteiger partial charge >= 0.3 is 0 Å². The Bertz CT molecular complexity index is 953. The summed E-state index contributed by atoms with van der Waals surface area (Å²) >= 11 is 0. The smallest absolute Gasteiger partial charge is 0.257 e. The standard InChI is InChI=1S/C20H23F2N5O2/c1-19(18(23)29,16-10-24-15(9-25-16)12-2-3-12)27-7-6-20(21,22)14(11-27)13-4-5-17(28)26-8-13/h4-5,8-10,12,14H,2-3,6-7,11H2,1H3,(H2,23,29)(H,26,28)/t14-,19?/m1/s1. The summed E-state index contributed by atoms with van der Waals surface area (Å²) < 4.78 is 29.4. The van der Waals surface area contributed by atoms with E-state index >= 15 is 0 Å². The van der Waals surface area contributed by atoms with Crippen LogP contribution in [0.3, 0.4) is 0 Å². The first-order valence-electron chi connectivity index (χ1n) is 9.65. The summed E-state index contributed by atoms with van der Waals surface area (Å²) in [5, 5.41) is 0. The van der Waals surface area contributed by atoms with Crippen molar-refractivity contribution in [2.75, 3.05) is 13.1 Å². The van der Waals surface area contributed by atoms with E-state index in [1.807, 2.05) is 0 Å². The van der Waals surface area contributed by atoms with Gasteiger partial charge in [0.25, 0.3) is 5.92 Å². The third-order valence-corrected chi connectivity index (χ3v) is 6.12. The molecule has 1 aliphatic heterocycles. The van der Waals surface area contributed by atoms with Gasteiger partial charge in [0.15, 0.2) is 0 Å². The van der Waals surface area contributed by atoms with Crippen molar-refractivity contribution in [3.05, 3.63) is 58.0 Å². The normalized spacial score (nSPS) is 24.0. The van der Waals surface area contributed by atoms with E-state index in [0.717, 1.165) is 18.5 Å². The Morgan fingerprint density at radius 2 is 2.07 bits per heavy atom. The molecule has 29 heavy (non-hydrogen) atoms. The van der Waals surface area contributed by atoms with Gasteiger partial charge in [0, 0.05) is 43.9 Å². The minimum Gasteiger partial charge on any atom is -0.368 e. The molecule has 2 aromatic rings. The van der Waals surface area contributed by atoms with Crippen LogP contribution in [0.15, 0.2) is 35.5 Å². The molecule has 0 bridgehead atoms. The number of nitrogens with one attached hydrogen (secondary N) is 1. The number of hydrogen-bond acceptors (Lipinski definition) is 5. The summed E-state index contributed by atoms with van der Waals surface area (Å²) in [6, 6.07) is 2.62. The number of nitrogens with two attached hydrogens (primary N) is 1. The molecule has 154 valence electrons. The number of H-pyrrole nitrogens is 1. The SMILES string of the molecule is CC(C(N)=O)(c1cnc(C2CC2)cn1)N1CCC(F)(F)[C@@H](c2ccc(=O)[nH]c2)C1. The second-order valence-electron chi connectivity index (χ2n) is 8.03. The lowest BCUT2D eigenvalue weighted by molar-refractivity contribution is -0.139. The molecule has 9 heteroatoms. The van der Waals surface area contributed by atoms with Gasteiger partial charge in [-0.2, -0.15) is 0 Å². The van der Waals surface area contributed by atoms with E-state index in [4.69, 9.17) is 5.73 Å². The van der Waals surface area contributed by atoms with Crippen LogP contribution in [0.2, 0.25) is 0 Å². The Morgan fingerprint density at radius 3 is 2.62 bits per heavy atom. The fourth-order valence-corrected chi connectivity index (χ4v) is 3.92. The van der Waals surface area contributed by atoms with Crippen LogP contribution >= 0.6 is 0 Å². The monoisotopic (exact) mass is 403 g/mol. The van der Waals surface area contributed by atoms with Crippen molar-refractivity contribution in [2.24, 2.45) is 5.73 Å². The Balaban J connectivity index is 1.67. The van der Waals surface area contributed by atoms with Gasteiger partial charge in [-0.15, -0.1) is 0 Å². The highest BCUT2D eigenvalue weighted by Crippen LogP contribution is 2.44. The molecule has 0 radical (unpaired) electrons. The number of amides is 1. The molecule has 0 aromatic carbocycles. The van der Waals surface area contributed by atoms with Crippen LogP contribution in [0, 0.1) is 0 Å². The van der Waals surface area contributed by atoms with E-state index in [1.54, 1.807) is 18.0 Å². The molecule has 3 N–H and O–H groups in total. The number of aromatic nitrogens is 3. The van der Waals surface area contributed by atoms with Crippen molar-refractivity contribution in [2.45, 2.75) is 49.5 Å². The second kappa shape index (κ2) is 6.98. The molecule has 2 aliphatic rings. The Labute approximate surface area is 166 Å². The first-order valence-corrected chi connectivity index (χ1v) is 9.65. The van der Waals surface area contributed by atoms with Crippen LogP contribution in [0.1, 0.15) is 55.0 Å². The summed E-state index contributed by atoms with van der Waals surface area (Å²) in [5.74, 6) is -4.43. The number of carbonyl (C=O) groups is 1. The summed E-state index contributed by atoms with van der Waals surface area (Å²) in [7, 11) is 0. The average Bonchev–Trinajstić information content (AvgIpc) is 3.53. The van der Waals surface area contributed by atoms with Crippen LogP contribution < -0.4 is 11.3 Å². The molecule has 0 spiro atoms. The van der Waals surface area contributed by atoms with Crippen molar-refractivity contribution >= 4 is 5.91 Å². The Hall–Kier alpha value is -2.68. The van der Waals surface area contributed by atoms with E-state index in [-0.39, 0.29) is 18.6 Å². The van der Waals surface area contributed by atoms with Gasteiger partial charge in [-0.1, -0.05) is 6.07 Å². The van der Waals surface area contributed by atoms with Crippen LogP contribution in [-0.4, -0.2) is 44.8 Å². The zero-order chi connectivity index (χ0) is 20.8. The maximum atomic E-state index is 14.7. The number of primary amides is 1. The number of rotatable bonds is 5. The molecule has 1 unspecified atom stereocenters. The van der Waals surface area contributed by atoms with Crippen LogP contribution in [0.5, 0.6) is 0 Å². The molecule has 2 aromatic heterocycles. The van der Waals surface area contributed by atoms with Gasteiger partial charge in [-0.25, -0.2) is 8.78 Å². The predicted octanol–water partition coefficient (Wildman–Crippen LogP) is 1.87. The number of aromatic amines is 1. The molecule has 4 rings (SSSR count). The summed E-state index contributed by atoms with van der Waals surface area (Å²) in [6.07, 6.45) is 6.18. The lowest BCUT2D eigenvalue weighted by Crippen LogP contribution is -2.59. The molecule has 2 atom stereocenters. The first kappa shape index (κ1) is 19.6. The van der Waals surface area contributed by atoms with Gasteiger partial charge in [0.1, 0.15) is 5.54 Å². The van der Waals surface area contributed by atoms with Crippen LogP contribution in [0.25, 0.3) is 0 Å². The highest BCUT2D eigenvalue weighted by atomic mass is 19.3. The van der Waals surface area contributed by atoms with Gasteiger partial charge in [-0.05, 0) is 25.3 Å². The van der Waals surface area contributed by atoms with E-state index in [2.05, 4.69) is 15.0 Å². The number of pyridine rings is 1. The largest absolute Gasteiger partial charge is 0.368 e. The maximum absolute atomic E-state index is 14.7. The third kappa shape index (κ3) is 3.55. The topological polar surface area (TPSA) is 105 Å². The molecule has 1 saturated heterocycles. The Morgan fingerprint density at radius 1 is 1.31 bits per heavy atom. The Kier molecular flexibility index (Phi) is 4.72. The minimum atomic E-state index is -2.98. The number of piperidine rings is 1. The molecule has 7 nitrogen and oxygen atoms in total. The number of alkyl halides is 2. The van der Waals surface area contributed by atoms with E-state index in [0.29, 0.717) is 17.2 Å². The average molecular weight is 403 g/mol. The van der Waals surface area contributed by atoms with E-state index < -0.39 is 29.7 Å². The van der Waals surface area contributed by atoms with Crippen molar-refractivity contribution < 1.29 is 13.6 Å². The number of halogens is 2. The summed E-state index contributed by atoms with van der Waals surface area (Å²) in [5.41, 5.74) is 5.53. The van der Waals surface area contributed by atoms with E-state index in [9.17, 15) is 18.4 Å². The first-order chi connectivity index (χ1) is 13.7. The van der Waals surface area contributed by atoms with Gasteiger partial charge < -0.3 is 10.7 Å². The lowest BCUT2D eigenvalue weighted by atomic mass is 9.83. The molecule has 1 aliphatic carbocycles. The second-order valence-corrected chi connectivity index (χ2v) is 8.03.